The van der Waals surface area contributed by atoms with Gasteiger partial charge >= 0.3 is 0 Å². The molecular weight excluding hydrogens is 444 g/mol. The molecule has 2 atom stereocenters. The molecule has 11 heteroatoms. The first-order valence-corrected chi connectivity index (χ1v) is 11.0. The van der Waals surface area contributed by atoms with E-state index in [2.05, 4.69) is 25.4 Å². The number of hydrogen-bond donors (Lipinski definition) is 1. The van der Waals surface area contributed by atoms with Gasteiger partial charge in [0.2, 0.25) is 11.8 Å². The van der Waals surface area contributed by atoms with Crippen LogP contribution >= 0.6 is 0 Å². The van der Waals surface area contributed by atoms with Gasteiger partial charge in [-0.2, -0.15) is 5.10 Å². The average Bonchev–Trinajstić information content (AvgIpc) is 3.45. The monoisotopic (exact) mass is 471 g/mol. The molecule has 3 aromatic rings. The third kappa shape index (κ3) is 4.82. The number of halogens is 2. The number of carbonyl (C=O) groups is 1. The van der Waals surface area contributed by atoms with Crippen LogP contribution in [0.15, 0.2) is 30.5 Å². The maximum Gasteiger partial charge on any atom is 0.297 e. The number of alkyl halides is 2. The van der Waals surface area contributed by atoms with Gasteiger partial charge in [-0.3, -0.25) is 4.79 Å². The molecule has 1 fully saturated rings. The SMILES string of the molecule is COc1cc(C(C)C(=O)N2CC[C@H](Nc3ccc(-c4nc(C(F)F)n(C)n4)c(C)n3)C2)ccn1. The molecule has 0 radical (unpaired) electrons. The smallest absolute Gasteiger partial charge is 0.297 e. The quantitative estimate of drug-likeness (QED) is 0.564. The van der Waals surface area contributed by atoms with Crippen LogP contribution in [-0.4, -0.2) is 61.8 Å². The minimum Gasteiger partial charge on any atom is -0.481 e. The molecule has 4 rings (SSSR count). The van der Waals surface area contributed by atoms with Crippen molar-refractivity contribution < 1.29 is 18.3 Å². The zero-order valence-electron chi connectivity index (χ0n) is 19.5. The topological polar surface area (TPSA) is 98.1 Å². The van der Waals surface area contributed by atoms with Crippen molar-refractivity contribution in [3.8, 4) is 17.3 Å². The van der Waals surface area contributed by atoms with Crippen LogP contribution in [0.4, 0.5) is 14.6 Å². The van der Waals surface area contributed by atoms with Crippen molar-refractivity contribution in [2.75, 3.05) is 25.5 Å². The molecule has 0 aliphatic carbocycles. The Balaban J connectivity index is 1.40. The number of hydrogen-bond acceptors (Lipinski definition) is 7. The molecule has 1 unspecified atom stereocenters. The van der Waals surface area contributed by atoms with Gasteiger partial charge in [0.15, 0.2) is 11.6 Å². The summed E-state index contributed by atoms with van der Waals surface area (Å²) in [5.41, 5.74) is 2.08. The predicted molar refractivity (Wildman–Crippen MR) is 122 cm³/mol. The van der Waals surface area contributed by atoms with E-state index in [0.29, 0.717) is 36.0 Å². The van der Waals surface area contributed by atoms with Crippen molar-refractivity contribution in [2.45, 2.75) is 38.7 Å². The number of nitrogens with zero attached hydrogens (tertiary/aromatic N) is 6. The Kier molecular flexibility index (Phi) is 6.71. The normalized spacial score (nSPS) is 16.7. The lowest BCUT2D eigenvalue weighted by Crippen LogP contribution is -2.34. The zero-order chi connectivity index (χ0) is 24.4. The highest BCUT2D eigenvalue weighted by Crippen LogP contribution is 2.26. The molecule has 0 aromatic carbocycles. The molecule has 180 valence electrons. The molecule has 1 aliphatic heterocycles. The van der Waals surface area contributed by atoms with Crippen molar-refractivity contribution in [3.05, 3.63) is 47.5 Å². The van der Waals surface area contributed by atoms with E-state index in [4.69, 9.17) is 4.74 Å². The number of nitrogens with one attached hydrogen (secondary N) is 1. The highest BCUT2D eigenvalue weighted by Gasteiger charge is 2.30. The van der Waals surface area contributed by atoms with E-state index >= 15 is 0 Å². The van der Waals surface area contributed by atoms with Crippen LogP contribution in [0.1, 0.15) is 42.8 Å². The molecular formula is C23H27F2N7O2. The van der Waals surface area contributed by atoms with Crippen LogP contribution in [0.2, 0.25) is 0 Å². The van der Waals surface area contributed by atoms with E-state index in [-0.39, 0.29) is 29.5 Å². The molecule has 1 aliphatic rings. The number of aryl methyl sites for hydroxylation is 2. The molecule has 9 nitrogen and oxygen atoms in total. The summed E-state index contributed by atoms with van der Waals surface area (Å²) in [6, 6.07) is 7.21. The molecule has 1 saturated heterocycles. The Labute approximate surface area is 196 Å². The summed E-state index contributed by atoms with van der Waals surface area (Å²) >= 11 is 0. The Bertz CT molecular complexity index is 1180. The highest BCUT2D eigenvalue weighted by atomic mass is 19.3. The van der Waals surface area contributed by atoms with E-state index in [0.717, 1.165) is 16.7 Å². The number of amides is 1. The van der Waals surface area contributed by atoms with Crippen molar-refractivity contribution in [3.63, 3.8) is 0 Å². The van der Waals surface area contributed by atoms with Gasteiger partial charge in [-0.15, -0.1) is 0 Å². The summed E-state index contributed by atoms with van der Waals surface area (Å²) in [6.07, 6.45) is -0.268. The minimum absolute atomic E-state index is 0.0492. The Morgan fingerprint density at radius 2 is 2.06 bits per heavy atom. The lowest BCUT2D eigenvalue weighted by atomic mass is 10.0. The van der Waals surface area contributed by atoms with Gasteiger partial charge in [0.1, 0.15) is 5.82 Å². The fourth-order valence-corrected chi connectivity index (χ4v) is 4.09. The average molecular weight is 472 g/mol. The van der Waals surface area contributed by atoms with Crippen LogP contribution in [0.3, 0.4) is 0 Å². The second kappa shape index (κ2) is 9.70. The van der Waals surface area contributed by atoms with Crippen molar-refractivity contribution in [1.29, 1.82) is 0 Å². The molecule has 0 spiro atoms. The summed E-state index contributed by atoms with van der Waals surface area (Å²) in [7, 11) is 2.99. The lowest BCUT2D eigenvalue weighted by Gasteiger charge is -2.22. The first kappa shape index (κ1) is 23.5. The standard InChI is InChI=1S/C23H27F2N7O2/c1-13(15-7-9-26-19(11-15)34-4)23(33)32-10-8-16(12-32)28-18-6-5-17(14(2)27-18)21-29-22(20(24)25)31(3)30-21/h5-7,9,11,13,16,20H,8,10,12H2,1-4H3,(H,27,28)/t13?,16-/m0/s1. The Morgan fingerprint density at radius 1 is 1.26 bits per heavy atom. The van der Waals surface area contributed by atoms with Gasteiger partial charge in [0, 0.05) is 44.0 Å². The number of methoxy groups -OCH3 is 1. The van der Waals surface area contributed by atoms with Gasteiger partial charge in [0.25, 0.3) is 6.43 Å². The number of carbonyl (C=O) groups excluding carboxylic acids is 1. The Hall–Kier alpha value is -3.63. The maximum absolute atomic E-state index is 13.0. The number of likely N-dealkylation sites (tertiary alicyclic amines) is 1. The second-order valence-electron chi connectivity index (χ2n) is 8.31. The number of aromatic nitrogens is 5. The summed E-state index contributed by atoms with van der Waals surface area (Å²) in [5, 5.41) is 7.46. The number of pyridine rings is 2. The summed E-state index contributed by atoms with van der Waals surface area (Å²) in [5.74, 6) is 0.708. The van der Waals surface area contributed by atoms with Crippen LogP contribution in [-0.2, 0) is 11.8 Å². The van der Waals surface area contributed by atoms with Gasteiger partial charge in [0.05, 0.1) is 18.7 Å². The van der Waals surface area contributed by atoms with Gasteiger partial charge in [-0.25, -0.2) is 28.4 Å². The van der Waals surface area contributed by atoms with E-state index in [1.807, 2.05) is 17.9 Å². The molecule has 34 heavy (non-hydrogen) atoms. The molecule has 4 heterocycles. The van der Waals surface area contributed by atoms with Crippen molar-refractivity contribution >= 4 is 11.7 Å². The van der Waals surface area contributed by atoms with Crippen LogP contribution in [0.5, 0.6) is 5.88 Å². The van der Waals surface area contributed by atoms with E-state index in [9.17, 15) is 13.6 Å². The molecule has 1 amide bonds. The van der Waals surface area contributed by atoms with Crippen LogP contribution in [0.25, 0.3) is 11.4 Å². The fraction of sp³-hybridized carbons (Fsp3) is 0.435. The van der Waals surface area contributed by atoms with E-state index in [1.54, 1.807) is 38.4 Å². The lowest BCUT2D eigenvalue weighted by molar-refractivity contribution is -0.131. The van der Waals surface area contributed by atoms with Crippen LogP contribution in [0, 0.1) is 6.92 Å². The summed E-state index contributed by atoms with van der Waals surface area (Å²) < 4.78 is 32.3. The van der Waals surface area contributed by atoms with Gasteiger partial charge in [-0.1, -0.05) is 0 Å². The van der Waals surface area contributed by atoms with Crippen molar-refractivity contribution in [1.82, 2.24) is 29.6 Å². The van der Waals surface area contributed by atoms with Gasteiger partial charge in [-0.05, 0) is 44.0 Å². The third-order valence-electron chi connectivity index (χ3n) is 6.01. The maximum atomic E-state index is 13.0. The summed E-state index contributed by atoms with van der Waals surface area (Å²) in [4.78, 5) is 27.5. The summed E-state index contributed by atoms with van der Waals surface area (Å²) in [6.45, 7) is 4.88. The van der Waals surface area contributed by atoms with Gasteiger partial charge < -0.3 is 15.0 Å². The third-order valence-corrected chi connectivity index (χ3v) is 6.01. The zero-order valence-corrected chi connectivity index (χ0v) is 19.5. The number of ether oxygens (including phenoxy) is 1. The minimum atomic E-state index is -2.70. The van der Waals surface area contributed by atoms with E-state index < -0.39 is 6.43 Å². The second-order valence-corrected chi connectivity index (χ2v) is 8.31. The number of anilines is 1. The number of rotatable bonds is 7. The fourth-order valence-electron chi connectivity index (χ4n) is 4.09. The van der Waals surface area contributed by atoms with E-state index in [1.165, 1.54) is 7.05 Å². The molecule has 0 bridgehead atoms. The molecule has 0 saturated carbocycles. The molecule has 1 N–H and O–H groups in total. The first-order chi connectivity index (χ1) is 16.3. The van der Waals surface area contributed by atoms with Crippen molar-refractivity contribution in [2.24, 2.45) is 7.05 Å². The Morgan fingerprint density at radius 3 is 2.74 bits per heavy atom. The molecule has 3 aromatic heterocycles. The highest BCUT2D eigenvalue weighted by molar-refractivity contribution is 5.83. The largest absolute Gasteiger partial charge is 0.481 e. The first-order valence-electron chi connectivity index (χ1n) is 11.0. The predicted octanol–water partition coefficient (Wildman–Crippen LogP) is 3.34. The van der Waals surface area contributed by atoms with Crippen LogP contribution < -0.4 is 10.1 Å².